The molecule has 2 amide bonds. The lowest BCUT2D eigenvalue weighted by Crippen LogP contribution is -2.47. The van der Waals surface area contributed by atoms with Crippen molar-refractivity contribution in [1.29, 1.82) is 0 Å². The third-order valence-electron chi connectivity index (χ3n) is 1.81. The Balaban J connectivity index is 4.11. The van der Waals surface area contributed by atoms with Crippen LogP contribution >= 0.6 is 0 Å². The van der Waals surface area contributed by atoms with E-state index < -0.39 is 29.6 Å². The van der Waals surface area contributed by atoms with E-state index in [1.54, 1.807) is 20.8 Å². The van der Waals surface area contributed by atoms with Crippen LogP contribution in [0.25, 0.3) is 0 Å². The molecule has 0 bridgehead atoms. The molecule has 0 aliphatic heterocycles. The molecule has 0 aromatic heterocycles. The van der Waals surface area contributed by atoms with Gasteiger partial charge in [0.05, 0.1) is 18.6 Å². The van der Waals surface area contributed by atoms with Crippen molar-refractivity contribution in [1.82, 2.24) is 10.6 Å². The number of amides is 2. The molecular weight excluding hydrogens is 264 g/mol. The van der Waals surface area contributed by atoms with E-state index >= 15 is 0 Å². The highest BCUT2D eigenvalue weighted by atomic mass is 16.6. The number of carboxylic acid groups (broad SMARTS) is 1. The van der Waals surface area contributed by atoms with E-state index in [1.165, 1.54) is 6.92 Å². The topological polar surface area (TPSA) is 108 Å². The van der Waals surface area contributed by atoms with Gasteiger partial charge in [-0.15, -0.1) is 0 Å². The van der Waals surface area contributed by atoms with Crippen LogP contribution in [-0.4, -0.2) is 36.2 Å². The van der Waals surface area contributed by atoms with E-state index in [1.807, 2.05) is 0 Å². The Kier molecular flexibility index (Phi) is 7.15. The molecule has 0 aliphatic rings. The first-order valence-electron chi connectivity index (χ1n) is 6.02. The summed E-state index contributed by atoms with van der Waals surface area (Å²) in [6.45, 7) is 6.42. The van der Waals surface area contributed by atoms with Crippen LogP contribution < -0.4 is 15.7 Å². The monoisotopic (exact) mass is 283 g/mol. The minimum absolute atomic E-state index is 0.0226. The van der Waals surface area contributed by atoms with Crippen molar-refractivity contribution in [2.75, 3.05) is 6.54 Å². The lowest BCUT2D eigenvalue weighted by molar-refractivity contribution is -0.308. The molecule has 0 saturated carbocycles. The number of aliphatic carboxylic acids is 1. The van der Waals surface area contributed by atoms with Gasteiger partial charge in [0.25, 0.3) is 0 Å². The Bertz CT molecular complexity index is 428. The molecular formula is C13H19N2O5-. The Morgan fingerprint density at radius 3 is 2.30 bits per heavy atom. The van der Waals surface area contributed by atoms with Gasteiger partial charge in [0.15, 0.2) is 0 Å². The molecule has 0 aliphatic carbocycles. The Labute approximate surface area is 118 Å². The quantitative estimate of drug-likeness (QED) is 0.654. The molecule has 7 nitrogen and oxygen atoms in total. The van der Waals surface area contributed by atoms with Crippen LogP contribution in [0.1, 0.15) is 34.1 Å². The molecule has 0 fully saturated rings. The van der Waals surface area contributed by atoms with Crippen molar-refractivity contribution in [2.45, 2.75) is 45.8 Å². The van der Waals surface area contributed by atoms with Gasteiger partial charge in [0.1, 0.15) is 5.60 Å². The van der Waals surface area contributed by atoms with Crippen LogP contribution in [0.4, 0.5) is 4.79 Å². The summed E-state index contributed by atoms with van der Waals surface area (Å²) in [6.07, 6.45) is -0.706. The average molecular weight is 283 g/mol. The molecule has 7 heteroatoms. The molecule has 0 rings (SSSR count). The summed E-state index contributed by atoms with van der Waals surface area (Å²) < 4.78 is 4.98. The SMILES string of the molecule is CC(=O)N[C@H](CC#CCNC(=O)OC(C)(C)C)C(=O)[O-]. The van der Waals surface area contributed by atoms with Gasteiger partial charge < -0.3 is 25.3 Å². The first-order chi connectivity index (χ1) is 9.11. The number of hydrogen-bond acceptors (Lipinski definition) is 5. The minimum atomic E-state index is -1.41. The van der Waals surface area contributed by atoms with Gasteiger partial charge in [0, 0.05) is 13.3 Å². The summed E-state index contributed by atoms with van der Waals surface area (Å²) in [5.74, 6) is 3.20. The van der Waals surface area contributed by atoms with Gasteiger partial charge in [-0.3, -0.25) is 4.79 Å². The summed E-state index contributed by atoms with van der Waals surface area (Å²) in [5, 5.41) is 15.3. The smallest absolute Gasteiger partial charge is 0.408 e. The van der Waals surface area contributed by atoms with Gasteiger partial charge >= 0.3 is 6.09 Å². The van der Waals surface area contributed by atoms with E-state index in [4.69, 9.17) is 4.74 Å². The summed E-state index contributed by atoms with van der Waals surface area (Å²) in [6, 6.07) is -1.17. The van der Waals surface area contributed by atoms with Crippen LogP contribution in [-0.2, 0) is 14.3 Å². The molecule has 1 atom stereocenters. The van der Waals surface area contributed by atoms with E-state index in [9.17, 15) is 19.5 Å². The Hall–Kier alpha value is -2.23. The zero-order chi connectivity index (χ0) is 15.8. The standard InChI is InChI=1S/C13H20N2O5/c1-9(16)15-10(11(17)18)7-5-6-8-14-12(19)20-13(2,3)4/h10H,7-8H2,1-4H3,(H,14,19)(H,15,16)(H,17,18)/p-1/t10-/m1/s1. The van der Waals surface area contributed by atoms with Crippen molar-refractivity contribution in [3.05, 3.63) is 0 Å². The van der Waals surface area contributed by atoms with Crippen LogP contribution in [0.3, 0.4) is 0 Å². The van der Waals surface area contributed by atoms with Gasteiger partial charge in [-0.05, 0) is 20.8 Å². The van der Waals surface area contributed by atoms with E-state index in [-0.39, 0.29) is 13.0 Å². The lowest BCUT2D eigenvalue weighted by atomic mass is 10.2. The van der Waals surface area contributed by atoms with Crippen molar-refractivity contribution in [2.24, 2.45) is 0 Å². The van der Waals surface area contributed by atoms with Gasteiger partial charge in [-0.1, -0.05) is 11.8 Å². The molecule has 0 radical (unpaired) electrons. The molecule has 112 valence electrons. The number of carbonyl (C=O) groups is 3. The number of nitrogens with one attached hydrogen (secondary N) is 2. The number of ether oxygens (including phenoxy) is 1. The van der Waals surface area contributed by atoms with Crippen molar-refractivity contribution in [3.63, 3.8) is 0 Å². The maximum Gasteiger partial charge on any atom is 0.408 e. The predicted octanol–water partition coefficient (Wildman–Crippen LogP) is -0.841. The molecule has 0 saturated heterocycles. The summed E-state index contributed by atoms with van der Waals surface area (Å²) in [5.41, 5.74) is -0.594. The molecule has 0 aromatic carbocycles. The van der Waals surface area contributed by atoms with Crippen LogP contribution in [0.5, 0.6) is 0 Å². The predicted molar refractivity (Wildman–Crippen MR) is 69.2 cm³/mol. The normalized spacial score (nSPS) is 11.6. The molecule has 0 spiro atoms. The van der Waals surface area contributed by atoms with Gasteiger partial charge in [0.2, 0.25) is 5.91 Å². The average Bonchev–Trinajstić information content (AvgIpc) is 2.23. The van der Waals surface area contributed by atoms with Crippen LogP contribution in [0.15, 0.2) is 0 Å². The molecule has 20 heavy (non-hydrogen) atoms. The number of carboxylic acids is 1. The maximum absolute atomic E-state index is 11.2. The summed E-state index contributed by atoms with van der Waals surface area (Å²) >= 11 is 0. The fraction of sp³-hybridized carbons (Fsp3) is 0.615. The third kappa shape index (κ3) is 9.76. The fourth-order valence-electron chi connectivity index (χ4n) is 1.11. The maximum atomic E-state index is 11.2. The molecule has 0 unspecified atom stereocenters. The second-order valence-electron chi connectivity index (χ2n) is 4.99. The number of alkyl carbamates (subject to hydrolysis) is 1. The fourth-order valence-corrected chi connectivity index (χ4v) is 1.11. The second-order valence-corrected chi connectivity index (χ2v) is 4.99. The highest BCUT2D eigenvalue weighted by Gasteiger charge is 2.15. The minimum Gasteiger partial charge on any atom is -0.548 e. The largest absolute Gasteiger partial charge is 0.548 e. The van der Waals surface area contributed by atoms with Crippen LogP contribution in [0, 0.1) is 11.8 Å². The third-order valence-corrected chi connectivity index (χ3v) is 1.81. The van der Waals surface area contributed by atoms with E-state index in [0.29, 0.717) is 0 Å². The highest BCUT2D eigenvalue weighted by molar-refractivity contribution is 5.81. The van der Waals surface area contributed by atoms with Crippen molar-refractivity contribution < 1.29 is 24.2 Å². The summed E-state index contributed by atoms with van der Waals surface area (Å²) in [4.78, 5) is 32.7. The highest BCUT2D eigenvalue weighted by Crippen LogP contribution is 2.05. The second kappa shape index (κ2) is 8.04. The first kappa shape index (κ1) is 17.8. The zero-order valence-electron chi connectivity index (χ0n) is 12.0. The first-order valence-corrected chi connectivity index (χ1v) is 6.02. The Morgan fingerprint density at radius 2 is 1.85 bits per heavy atom. The van der Waals surface area contributed by atoms with Gasteiger partial charge in [-0.2, -0.15) is 0 Å². The van der Waals surface area contributed by atoms with Crippen LogP contribution in [0.2, 0.25) is 0 Å². The molecule has 0 heterocycles. The number of hydrogen-bond donors (Lipinski definition) is 2. The Morgan fingerprint density at radius 1 is 1.25 bits per heavy atom. The van der Waals surface area contributed by atoms with E-state index in [2.05, 4.69) is 22.5 Å². The van der Waals surface area contributed by atoms with Crippen molar-refractivity contribution >= 4 is 18.0 Å². The van der Waals surface area contributed by atoms with E-state index in [0.717, 1.165) is 0 Å². The number of carbonyl (C=O) groups excluding carboxylic acids is 3. The lowest BCUT2D eigenvalue weighted by Gasteiger charge is -2.19. The number of rotatable bonds is 4. The molecule has 2 N–H and O–H groups in total. The molecule has 0 aromatic rings. The zero-order valence-corrected chi connectivity index (χ0v) is 12.0. The van der Waals surface area contributed by atoms with Crippen molar-refractivity contribution in [3.8, 4) is 11.8 Å². The summed E-state index contributed by atoms with van der Waals surface area (Å²) in [7, 11) is 0. The van der Waals surface area contributed by atoms with Gasteiger partial charge in [-0.25, -0.2) is 4.79 Å².